The van der Waals surface area contributed by atoms with E-state index in [0.29, 0.717) is 28.0 Å². The third kappa shape index (κ3) is 9.14. The zero-order valence-electron chi connectivity index (χ0n) is 20.7. The number of aliphatic hydroxyl groups excluding tert-OH is 1. The molecule has 2 aromatic heterocycles. The maximum Gasteiger partial charge on any atom is 0.229 e. The molecule has 0 aliphatic carbocycles. The standard InChI is InChI=1S/C27H29ClN6O3S/c28-21-10-6-9-20(16-21)23(35)17-37-18-29-27-34-33-26(38-27)12-5-4-11-22-13-14-24(32-31-22)30-25(36)15-19-7-2-1-3-8-19/h1-3,6-10,13-14,16,23,35H,4-5,11-12,15,17-18H2,(H,29,34)(H,30,32,36). The van der Waals surface area contributed by atoms with Crippen LogP contribution >= 0.6 is 22.9 Å². The summed E-state index contributed by atoms with van der Waals surface area (Å²) in [5, 5.41) is 34.9. The van der Waals surface area contributed by atoms with Gasteiger partial charge >= 0.3 is 0 Å². The van der Waals surface area contributed by atoms with Gasteiger partial charge in [0.25, 0.3) is 0 Å². The Morgan fingerprint density at radius 1 is 0.974 bits per heavy atom. The molecule has 2 heterocycles. The Hall–Kier alpha value is -3.44. The number of halogens is 1. The van der Waals surface area contributed by atoms with E-state index in [1.54, 1.807) is 30.3 Å². The van der Waals surface area contributed by atoms with Gasteiger partial charge in [-0.3, -0.25) is 4.79 Å². The van der Waals surface area contributed by atoms with Crippen LogP contribution in [-0.4, -0.2) is 44.7 Å². The molecule has 11 heteroatoms. The summed E-state index contributed by atoms with van der Waals surface area (Å²) in [5.41, 5.74) is 2.54. The first-order valence-electron chi connectivity index (χ1n) is 12.3. The molecule has 0 aliphatic rings. The SMILES string of the molecule is O=C(Cc1ccccc1)Nc1ccc(CCCCc2nnc(NCOCC(O)c3cccc(Cl)c3)s2)nn1. The quantitative estimate of drug-likeness (QED) is 0.150. The first kappa shape index (κ1) is 27.6. The molecular formula is C27H29ClN6O3S. The van der Waals surface area contributed by atoms with Crippen LogP contribution in [0.5, 0.6) is 0 Å². The number of amides is 1. The van der Waals surface area contributed by atoms with Gasteiger partial charge in [-0.05, 0) is 54.7 Å². The van der Waals surface area contributed by atoms with Gasteiger partial charge in [0.05, 0.1) is 18.7 Å². The highest BCUT2D eigenvalue weighted by Crippen LogP contribution is 2.19. The van der Waals surface area contributed by atoms with Crippen LogP contribution in [0.2, 0.25) is 5.02 Å². The van der Waals surface area contributed by atoms with E-state index in [4.69, 9.17) is 16.3 Å². The van der Waals surface area contributed by atoms with Crippen molar-refractivity contribution in [2.75, 3.05) is 24.0 Å². The Bertz CT molecular complexity index is 1290. The summed E-state index contributed by atoms with van der Waals surface area (Å²) >= 11 is 7.44. The molecule has 1 amide bonds. The van der Waals surface area contributed by atoms with Crippen molar-refractivity contribution in [3.05, 3.63) is 93.6 Å². The van der Waals surface area contributed by atoms with Gasteiger partial charge in [0.1, 0.15) is 17.8 Å². The van der Waals surface area contributed by atoms with Crippen LogP contribution in [-0.2, 0) is 28.8 Å². The number of benzene rings is 2. The predicted molar refractivity (Wildman–Crippen MR) is 148 cm³/mol. The van der Waals surface area contributed by atoms with Crippen molar-refractivity contribution in [1.29, 1.82) is 0 Å². The molecule has 38 heavy (non-hydrogen) atoms. The number of anilines is 2. The van der Waals surface area contributed by atoms with Gasteiger partial charge in [-0.1, -0.05) is 65.4 Å². The molecule has 2 aromatic carbocycles. The summed E-state index contributed by atoms with van der Waals surface area (Å²) < 4.78 is 5.51. The van der Waals surface area contributed by atoms with Crippen LogP contribution in [0.1, 0.15) is 40.8 Å². The van der Waals surface area contributed by atoms with E-state index in [-0.39, 0.29) is 19.2 Å². The molecule has 9 nitrogen and oxygen atoms in total. The van der Waals surface area contributed by atoms with Crippen LogP contribution in [0.25, 0.3) is 0 Å². The summed E-state index contributed by atoms with van der Waals surface area (Å²) in [4.78, 5) is 12.2. The van der Waals surface area contributed by atoms with Crippen molar-refractivity contribution in [2.45, 2.75) is 38.2 Å². The molecule has 4 rings (SSSR count). The lowest BCUT2D eigenvalue weighted by Gasteiger charge is -2.12. The molecule has 1 unspecified atom stereocenters. The number of aliphatic hydroxyl groups is 1. The number of rotatable bonds is 14. The average Bonchev–Trinajstić information content (AvgIpc) is 3.38. The van der Waals surface area contributed by atoms with E-state index in [2.05, 4.69) is 31.0 Å². The molecule has 0 saturated heterocycles. The second-order valence-electron chi connectivity index (χ2n) is 8.59. The molecule has 1 atom stereocenters. The summed E-state index contributed by atoms with van der Waals surface area (Å²) in [5.74, 6) is 0.331. The van der Waals surface area contributed by atoms with E-state index < -0.39 is 6.10 Å². The number of hydrogen-bond acceptors (Lipinski definition) is 9. The molecule has 0 aliphatic heterocycles. The van der Waals surface area contributed by atoms with Crippen LogP contribution in [0.4, 0.5) is 10.9 Å². The molecule has 0 spiro atoms. The number of nitrogens with zero attached hydrogens (tertiary/aromatic N) is 4. The van der Waals surface area contributed by atoms with Gasteiger partial charge in [-0.2, -0.15) is 5.10 Å². The summed E-state index contributed by atoms with van der Waals surface area (Å²) in [6, 6.07) is 20.3. The molecule has 0 fully saturated rings. The molecule has 3 N–H and O–H groups in total. The zero-order chi connectivity index (χ0) is 26.6. The minimum absolute atomic E-state index is 0.120. The fraction of sp³-hybridized carbons (Fsp3) is 0.296. The van der Waals surface area contributed by atoms with Crippen molar-refractivity contribution in [3.8, 4) is 0 Å². The second kappa shape index (κ2) is 14.5. The Morgan fingerprint density at radius 2 is 1.82 bits per heavy atom. The van der Waals surface area contributed by atoms with Crippen LogP contribution in [0, 0.1) is 0 Å². The number of nitrogens with one attached hydrogen (secondary N) is 2. The smallest absolute Gasteiger partial charge is 0.229 e. The minimum atomic E-state index is -0.750. The molecule has 0 bridgehead atoms. The topological polar surface area (TPSA) is 122 Å². The lowest BCUT2D eigenvalue weighted by Crippen LogP contribution is -2.15. The Balaban J connectivity index is 1.09. The molecule has 0 radical (unpaired) electrons. The Kier molecular flexibility index (Phi) is 10.5. The monoisotopic (exact) mass is 552 g/mol. The van der Waals surface area contributed by atoms with Gasteiger partial charge in [0.2, 0.25) is 11.0 Å². The summed E-state index contributed by atoms with van der Waals surface area (Å²) in [6.45, 7) is 0.358. The fourth-order valence-corrected chi connectivity index (χ4v) is 4.59. The van der Waals surface area contributed by atoms with Crippen LogP contribution in [0.15, 0.2) is 66.7 Å². The number of hydrogen-bond donors (Lipinski definition) is 3. The van der Waals surface area contributed by atoms with E-state index in [1.807, 2.05) is 36.4 Å². The number of ether oxygens (including phenoxy) is 1. The fourth-order valence-electron chi connectivity index (χ4n) is 3.63. The normalized spacial score (nSPS) is 11.7. The predicted octanol–water partition coefficient (Wildman–Crippen LogP) is 4.85. The third-order valence-corrected chi connectivity index (χ3v) is 6.75. The number of aromatic nitrogens is 4. The number of carbonyl (C=O) groups is 1. The van der Waals surface area contributed by atoms with E-state index in [9.17, 15) is 9.90 Å². The first-order valence-corrected chi connectivity index (χ1v) is 13.5. The maximum atomic E-state index is 12.2. The molecule has 198 valence electrons. The molecule has 0 saturated carbocycles. The zero-order valence-corrected chi connectivity index (χ0v) is 22.3. The number of carbonyl (C=O) groups excluding carboxylic acids is 1. The van der Waals surface area contributed by atoms with Crippen LogP contribution in [0.3, 0.4) is 0 Å². The van der Waals surface area contributed by atoms with Crippen LogP contribution < -0.4 is 10.6 Å². The van der Waals surface area contributed by atoms with Crippen molar-refractivity contribution < 1.29 is 14.6 Å². The maximum absolute atomic E-state index is 12.2. The van der Waals surface area contributed by atoms with E-state index >= 15 is 0 Å². The highest BCUT2D eigenvalue weighted by molar-refractivity contribution is 7.15. The highest BCUT2D eigenvalue weighted by Gasteiger charge is 2.09. The average molecular weight is 553 g/mol. The van der Waals surface area contributed by atoms with E-state index in [1.165, 1.54) is 11.3 Å². The van der Waals surface area contributed by atoms with Gasteiger partial charge in [0, 0.05) is 11.4 Å². The van der Waals surface area contributed by atoms with E-state index in [0.717, 1.165) is 41.9 Å². The number of unbranched alkanes of at least 4 members (excludes halogenated alkanes) is 1. The lowest BCUT2D eigenvalue weighted by atomic mass is 10.1. The van der Waals surface area contributed by atoms with Gasteiger partial charge in [0.15, 0.2) is 5.82 Å². The van der Waals surface area contributed by atoms with Gasteiger partial charge < -0.3 is 20.5 Å². The number of aryl methyl sites for hydroxylation is 2. The highest BCUT2D eigenvalue weighted by atomic mass is 35.5. The Morgan fingerprint density at radius 3 is 2.61 bits per heavy atom. The minimum Gasteiger partial charge on any atom is -0.386 e. The van der Waals surface area contributed by atoms with Crippen molar-refractivity contribution >= 4 is 39.8 Å². The lowest BCUT2D eigenvalue weighted by molar-refractivity contribution is -0.115. The van der Waals surface area contributed by atoms with Crippen molar-refractivity contribution in [3.63, 3.8) is 0 Å². The van der Waals surface area contributed by atoms with Crippen molar-refractivity contribution in [2.24, 2.45) is 0 Å². The van der Waals surface area contributed by atoms with Gasteiger partial charge in [-0.15, -0.1) is 15.3 Å². The van der Waals surface area contributed by atoms with Gasteiger partial charge in [-0.25, -0.2) is 0 Å². The largest absolute Gasteiger partial charge is 0.386 e. The van der Waals surface area contributed by atoms with Crippen molar-refractivity contribution in [1.82, 2.24) is 20.4 Å². The third-order valence-electron chi connectivity index (χ3n) is 5.57. The Labute approximate surface area is 230 Å². The first-order chi connectivity index (χ1) is 18.5. The summed E-state index contributed by atoms with van der Waals surface area (Å²) in [6.07, 6.45) is 3.02. The second-order valence-corrected chi connectivity index (χ2v) is 10.1. The summed E-state index contributed by atoms with van der Waals surface area (Å²) in [7, 11) is 0. The molecule has 4 aromatic rings. The molecular weight excluding hydrogens is 524 g/mol.